The number of halogens is 2. The number of aromatic nitrogens is 3. The molecule has 13 heteroatoms. The van der Waals surface area contributed by atoms with Crippen LogP contribution in [0, 0.1) is 0 Å². The zero-order valence-corrected chi connectivity index (χ0v) is 26.9. The summed E-state index contributed by atoms with van der Waals surface area (Å²) in [5.41, 5.74) is 4.08. The molecule has 0 aliphatic heterocycles. The number of carbonyl (C=O) groups is 1. The summed E-state index contributed by atoms with van der Waals surface area (Å²) < 4.78 is 34.4. The Morgan fingerprint density at radius 3 is 2.56 bits per heavy atom. The van der Waals surface area contributed by atoms with Gasteiger partial charge in [0.25, 0.3) is 0 Å². The van der Waals surface area contributed by atoms with E-state index in [1.165, 1.54) is 0 Å². The Bertz CT molecular complexity index is 1620. The summed E-state index contributed by atoms with van der Waals surface area (Å²) in [6.45, 7) is 0.557. The predicted octanol–water partition coefficient (Wildman–Crippen LogP) is 5.19. The van der Waals surface area contributed by atoms with Gasteiger partial charge in [0.05, 0.1) is 28.6 Å². The van der Waals surface area contributed by atoms with Crippen LogP contribution in [0.3, 0.4) is 0 Å². The minimum absolute atomic E-state index is 0.231. The van der Waals surface area contributed by atoms with Crippen molar-refractivity contribution in [2.75, 3.05) is 31.4 Å². The topological polar surface area (TPSA) is 115 Å². The summed E-state index contributed by atoms with van der Waals surface area (Å²) in [4.78, 5) is 17.2. The van der Waals surface area contributed by atoms with Crippen LogP contribution in [-0.2, 0) is 27.7 Å². The second-order valence-electron chi connectivity index (χ2n) is 9.75. The molecule has 0 saturated carbocycles. The van der Waals surface area contributed by atoms with E-state index in [0.29, 0.717) is 34.5 Å². The van der Waals surface area contributed by atoms with Crippen LogP contribution in [-0.4, -0.2) is 66.5 Å². The van der Waals surface area contributed by atoms with Crippen molar-refractivity contribution in [1.29, 1.82) is 0 Å². The summed E-state index contributed by atoms with van der Waals surface area (Å²) in [6, 6.07) is 17.4. The van der Waals surface area contributed by atoms with E-state index in [-0.39, 0.29) is 19.6 Å². The molecule has 0 radical (unpaired) electrons. The Labute approximate surface area is 266 Å². The van der Waals surface area contributed by atoms with Crippen molar-refractivity contribution < 1.29 is 17.9 Å². The smallest absolute Gasteiger partial charge is 0.238 e. The van der Waals surface area contributed by atoms with Gasteiger partial charge in [-0.3, -0.25) is 9.78 Å². The Kier molecular flexibility index (Phi) is 11.9. The molecule has 2 N–H and O–H groups in total. The Hall–Kier alpha value is -3.09. The van der Waals surface area contributed by atoms with Crippen LogP contribution in [0.15, 0.2) is 73.1 Å². The van der Waals surface area contributed by atoms with Crippen LogP contribution in [0.25, 0.3) is 16.9 Å². The number of sulfonamides is 1. The van der Waals surface area contributed by atoms with Crippen LogP contribution >= 0.6 is 35.0 Å². The standard InChI is InChI=1S/C30H33Cl2N5O4S2/c1-42-17-13-24-28(22-10-6-14-33-20-22)35-37(23-11-12-25(31)26(32)19-23)30(24)41-16-7-15-34-29(38)27(36-43(2,39)40)18-21-8-4-3-5-9-21/h3-6,8-12,14,19-20,27,36H,7,13,15-18H2,1-2H3,(H,34,38)/t27-/m0/s1. The minimum atomic E-state index is -3.60. The van der Waals surface area contributed by atoms with E-state index in [9.17, 15) is 13.2 Å². The number of pyridine rings is 1. The highest BCUT2D eigenvalue weighted by molar-refractivity contribution is 7.98. The molecule has 0 aliphatic rings. The van der Waals surface area contributed by atoms with E-state index in [1.807, 2.05) is 54.8 Å². The molecule has 0 bridgehead atoms. The average molecular weight is 663 g/mol. The van der Waals surface area contributed by atoms with Gasteiger partial charge in [-0.15, -0.1) is 0 Å². The molecule has 1 amide bonds. The normalized spacial score (nSPS) is 12.2. The molecule has 2 aromatic heterocycles. The van der Waals surface area contributed by atoms with Crippen LogP contribution in [0.4, 0.5) is 0 Å². The van der Waals surface area contributed by atoms with Crippen molar-refractivity contribution in [3.8, 4) is 22.8 Å². The van der Waals surface area contributed by atoms with Crippen molar-refractivity contribution in [3.05, 3.63) is 94.2 Å². The highest BCUT2D eigenvalue weighted by Crippen LogP contribution is 2.35. The highest BCUT2D eigenvalue weighted by Gasteiger charge is 2.24. The molecule has 9 nitrogen and oxygen atoms in total. The number of nitrogens with one attached hydrogen (secondary N) is 2. The molecule has 2 heterocycles. The maximum atomic E-state index is 13.0. The van der Waals surface area contributed by atoms with Crippen molar-refractivity contribution in [3.63, 3.8) is 0 Å². The average Bonchev–Trinajstić information content (AvgIpc) is 3.35. The molecule has 0 spiro atoms. The lowest BCUT2D eigenvalue weighted by Crippen LogP contribution is -2.48. The van der Waals surface area contributed by atoms with Gasteiger partial charge in [0.2, 0.25) is 21.8 Å². The molecule has 0 unspecified atom stereocenters. The molecule has 1 atom stereocenters. The third-order valence-corrected chi connectivity index (χ3v) is 8.45. The van der Waals surface area contributed by atoms with Crippen LogP contribution < -0.4 is 14.8 Å². The molecule has 4 aromatic rings. The van der Waals surface area contributed by atoms with Gasteiger partial charge >= 0.3 is 0 Å². The van der Waals surface area contributed by atoms with E-state index in [2.05, 4.69) is 15.0 Å². The van der Waals surface area contributed by atoms with Gasteiger partial charge < -0.3 is 10.1 Å². The molecule has 0 fully saturated rings. The molecule has 2 aromatic carbocycles. The number of hydrogen-bond acceptors (Lipinski definition) is 7. The van der Waals surface area contributed by atoms with Crippen LogP contribution in [0.5, 0.6) is 5.88 Å². The molecule has 43 heavy (non-hydrogen) atoms. The zero-order chi connectivity index (χ0) is 30.8. The van der Waals surface area contributed by atoms with E-state index in [0.717, 1.165) is 34.4 Å². The quantitative estimate of drug-likeness (QED) is 0.168. The third-order valence-electron chi connectivity index (χ3n) is 6.39. The van der Waals surface area contributed by atoms with Gasteiger partial charge in [0, 0.05) is 30.1 Å². The maximum Gasteiger partial charge on any atom is 0.238 e. The van der Waals surface area contributed by atoms with Crippen molar-refractivity contribution in [2.45, 2.75) is 25.3 Å². The first-order valence-electron chi connectivity index (χ1n) is 13.5. The van der Waals surface area contributed by atoms with Gasteiger partial charge in [0.1, 0.15) is 11.7 Å². The Balaban J connectivity index is 1.51. The monoisotopic (exact) mass is 661 g/mol. The van der Waals surface area contributed by atoms with E-state index in [4.69, 9.17) is 33.0 Å². The van der Waals surface area contributed by atoms with Gasteiger partial charge in [0.15, 0.2) is 0 Å². The number of ether oxygens (including phenoxy) is 1. The van der Waals surface area contributed by atoms with Gasteiger partial charge in [-0.1, -0.05) is 53.5 Å². The SMILES string of the molecule is CSCCc1c(-c2cccnc2)nn(-c2ccc(Cl)c(Cl)c2)c1OCCCNC(=O)[C@H](Cc1ccccc1)NS(C)(=O)=O. The van der Waals surface area contributed by atoms with Crippen molar-refractivity contribution in [1.82, 2.24) is 24.8 Å². The number of rotatable bonds is 15. The van der Waals surface area contributed by atoms with Crippen LogP contribution in [0.2, 0.25) is 10.0 Å². The lowest BCUT2D eigenvalue weighted by atomic mass is 10.1. The van der Waals surface area contributed by atoms with E-state index >= 15 is 0 Å². The molecular formula is C30H33Cl2N5O4S2. The molecule has 4 rings (SSSR count). The number of hydrogen-bond donors (Lipinski definition) is 2. The largest absolute Gasteiger partial charge is 0.477 e. The zero-order valence-electron chi connectivity index (χ0n) is 23.8. The second kappa shape index (κ2) is 15.6. The minimum Gasteiger partial charge on any atom is -0.477 e. The molecule has 0 saturated heterocycles. The summed E-state index contributed by atoms with van der Waals surface area (Å²) in [5.74, 6) is 1.01. The van der Waals surface area contributed by atoms with Crippen LogP contribution in [0.1, 0.15) is 17.5 Å². The predicted molar refractivity (Wildman–Crippen MR) is 174 cm³/mol. The first-order valence-corrected chi connectivity index (χ1v) is 17.6. The maximum absolute atomic E-state index is 13.0. The fraction of sp³-hybridized carbons (Fsp3) is 0.300. The summed E-state index contributed by atoms with van der Waals surface area (Å²) in [5, 5.41) is 8.57. The summed E-state index contributed by atoms with van der Waals surface area (Å²) >= 11 is 14.2. The second-order valence-corrected chi connectivity index (χ2v) is 13.3. The van der Waals surface area contributed by atoms with Gasteiger partial charge in [-0.25, -0.2) is 17.8 Å². The lowest BCUT2D eigenvalue weighted by molar-refractivity contribution is -0.122. The number of benzene rings is 2. The first kappa shape index (κ1) is 32.8. The summed E-state index contributed by atoms with van der Waals surface area (Å²) in [7, 11) is -3.60. The Morgan fingerprint density at radius 1 is 1.09 bits per heavy atom. The number of thioether (sulfide) groups is 1. The fourth-order valence-electron chi connectivity index (χ4n) is 4.41. The number of nitrogens with zero attached hydrogens (tertiary/aromatic N) is 3. The Morgan fingerprint density at radius 2 is 1.88 bits per heavy atom. The highest BCUT2D eigenvalue weighted by atomic mass is 35.5. The summed E-state index contributed by atoms with van der Waals surface area (Å²) in [6.07, 6.45) is 7.96. The van der Waals surface area contributed by atoms with Gasteiger partial charge in [-0.2, -0.15) is 16.9 Å². The first-order chi connectivity index (χ1) is 20.7. The molecular weight excluding hydrogens is 629 g/mol. The molecule has 0 aliphatic carbocycles. The van der Waals surface area contributed by atoms with Crippen molar-refractivity contribution in [2.24, 2.45) is 0 Å². The van der Waals surface area contributed by atoms with Gasteiger partial charge in [-0.05, 0) is 67.2 Å². The van der Waals surface area contributed by atoms with Crippen molar-refractivity contribution >= 4 is 50.9 Å². The lowest BCUT2D eigenvalue weighted by Gasteiger charge is -2.18. The third kappa shape index (κ3) is 9.45. The molecule has 228 valence electrons. The van der Waals surface area contributed by atoms with E-state index in [1.54, 1.807) is 41.0 Å². The van der Waals surface area contributed by atoms with E-state index < -0.39 is 22.0 Å². The number of carbonyl (C=O) groups excluding carboxylic acids is 1. The fourth-order valence-corrected chi connectivity index (χ4v) is 5.82. The number of amides is 1.